The molecular weight excluding hydrogens is 484 g/mol. The van der Waals surface area contributed by atoms with Crippen molar-refractivity contribution in [2.75, 3.05) is 6.54 Å². The number of fused-ring (bicyclic) bond motifs is 2. The van der Waals surface area contributed by atoms with Crippen LogP contribution in [0.25, 0.3) is 22.2 Å². The third kappa shape index (κ3) is 4.59. The molecule has 5 rings (SSSR count). The Morgan fingerprint density at radius 1 is 1.29 bits per heavy atom. The average Bonchev–Trinajstić information content (AvgIpc) is 3.54. The first-order valence-corrected chi connectivity index (χ1v) is 12.4. The topological polar surface area (TPSA) is 85.6 Å². The standard InChI is InChI=1S/C26H23ClN4O3S/c1-14-8-9-28-26-20(15(2)30-31(14)26)4-7-24(33)29-13-19-11-18-10-17(12-21(27)25(18)34-19)23-6-5-22(35-23)16(3)32/h4-10,12,19H,11,13H2,1-3H3,(H,29,33)/b7-4+. The summed E-state index contributed by atoms with van der Waals surface area (Å²) in [5.74, 6) is 0.472. The number of benzene rings is 1. The van der Waals surface area contributed by atoms with Crippen LogP contribution in [0.3, 0.4) is 0 Å². The number of Topliss-reactive ketones (excluding diaryl/α,β-unsaturated/α-hetero) is 1. The molecule has 1 aliphatic heterocycles. The van der Waals surface area contributed by atoms with Crippen molar-refractivity contribution in [2.45, 2.75) is 33.3 Å². The van der Waals surface area contributed by atoms with Gasteiger partial charge < -0.3 is 10.1 Å². The zero-order valence-corrected chi connectivity index (χ0v) is 21.0. The van der Waals surface area contributed by atoms with E-state index >= 15 is 0 Å². The summed E-state index contributed by atoms with van der Waals surface area (Å²) < 4.78 is 7.79. The van der Waals surface area contributed by atoms with E-state index in [1.807, 2.05) is 44.2 Å². The number of nitrogens with zero attached hydrogens (tertiary/aromatic N) is 3. The molecule has 0 fully saturated rings. The Kier molecular flexibility index (Phi) is 6.17. The lowest BCUT2D eigenvalue weighted by atomic mass is 10.1. The number of carbonyl (C=O) groups excluding carboxylic acids is 2. The lowest BCUT2D eigenvalue weighted by Gasteiger charge is -2.11. The third-order valence-corrected chi connectivity index (χ3v) is 7.44. The van der Waals surface area contributed by atoms with Gasteiger partial charge in [-0.25, -0.2) is 9.50 Å². The molecule has 35 heavy (non-hydrogen) atoms. The van der Waals surface area contributed by atoms with Crippen molar-refractivity contribution < 1.29 is 14.3 Å². The molecule has 1 aromatic carbocycles. The van der Waals surface area contributed by atoms with Gasteiger partial charge in [-0.15, -0.1) is 11.3 Å². The number of carbonyl (C=O) groups is 2. The lowest BCUT2D eigenvalue weighted by Crippen LogP contribution is -2.33. The van der Waals surface area contributed by atoms with Gasteiger partial charge in [0.15, 0.2) is 11.4 Å². The maximum absolute atomic E-state index is 12.5. The summed E-state index contributed by atoms with van der Waals surface area (Å²) in [7, 11) is 0. The average molecular weight is 507 g/mol. The molecule has 1 N–H and O–H groups in total. The third-order valence-electron chi connectivity index (χ3n) is 5.92. The first-order chi connectivity index (χ1) is 16.8. The normalized spacial score (nSPS) is 14.9. The molecule has 0 saturated heterocycles. The molecule has 4 heterocycles. The number of ketones is 1. The number of hydrogen-bond acceptors (Lipinski definition) is 6. The first-order valence-electron chi connectivity index (χ1n) is 11.2. The lowest BCUT2D eigenvalue weighted by molar-refractivity contribution is -0.116. The molecule has 0 radical (unpaired) electrons. The zero-order chi connectivity index (χ0) is 24.7. The molecule has 1 aliphatic rings. The van der Waals surface area contributed by atoms with Crippen LogP contribution in [0.5, 0.6) is 5.75 Å². The van der Waals surface area contributed by atoms with E-state index in [1.165, 1.54) is 17.4 Å². The van der Waals surface area contributed by atoms with Crippen LogP contribution in [0.2, 0.25) is 5.02 Å². The van der Waals surface area contributed by atoms with Crippen molar-refractivity contribution in [3.05, 3.63) is 75.0 Å². The van der Waals surface area contributed by atoms with E-state index in [-0.39, 0.29) is 17.8 Å². The van der Waals surface area contributed by atoms with Crippen LogP contribution < -0.4 is 10.1 Å². The molecule has 178 valence electrons. The molecule has 0 saturated carbocycles. The number of aromatic nitrogens is 3. The quantitative estimate of drug-likeness (QED) is 0.292. The van der Waals surface area contributed by atoms with Crippen molar-refractivity contribution >= 4 is 46.4 Å². The number of rotatable bonds is 6. The smallest absolute Gasteiger partial charge is 0.244 e. The molecule has 4 aromatic rings. The van der Waals surface area contributed by atoms with E-state index in [2.05, 4.69) is 15.4 Å². The molecule has 1 unspecified atom stereocenters. The van der Waals surface area contributed by atoms with Crippen molar-refractivity contribution in [1.29, 1.82) is 0 Å². The second-order valence-corrected chi connectivity index (χ2v) is 10.0. The molecule has 1 amide bonds. The monoisotopic (exact) mass is 506 g/mol. The van der Waals surface area contributed by atoms with Gasteiger partial charge in [0, 0.05) is 40.4 Å². The maximum atomic E-state index is 12.5. The number of nitrogens with one attached hydrogen (secondary N) is 1. The van der Waals surface area contributed by atoms with E-state index < -0.39 is 0 Å². The first kappa shape index (κ1) is 23.3. The predicted octanol–water partition coefficient (Wildman–Crippen LogP) is 5.06. The van der Waals surface area contributed by atoms with Gasteiger partial charge in [-0.1, -0.05) is 11.6 Å². The fourth-order valence-electron chi connectivity index (χ4n) is 4.14. The van der Waals surface area contributed by atoms with Crippen molar-refractivity contribution in [1.82, 2.24) is 19.9 Å². The summed E-state index contributed by atoms with van der Waals surface area (Å²) in [4.78, 5) is 30.2. The van der Waals surface area contributed by atoms with Crippen LogP contribution >= 0.6 is 22.9 Å². The highest BCUT2D eigenvalue weighted by Gasteiger charge is 2.26. The fraction of sp³-hybridized carbons (Fsp3) is 0.231. The summed E-state index contributed by atoms with van der Waals surface area (Å²) in [5, 5.41) is 7.92. The van der Waals surface area contributed by atoms with Gasteiger partial charge in [-0.3, -0.25) is 9.59 Å². The molecule has 0 bridgehead atoms. The largest absolute Gasteiger partial charge is 0.486 e. The zero-order valence-electron chi connectivity index (χ0n) is 19.5. The van der Waals surface area contributed by atoms with Gasteiger partial charge in [-0.05, 0) is 62.7 Å². The van der Waals surface area contributed by atoms with Crippen molar-refractivity contribution in [3.8, 4) is 16.2 Å². The van der Waals surface area contributed by atoms with Gasteiger partial charge in [0.05, 0.1) is 22.1 Å². The number of thiophene rings is 1. The maximum Gasteiger partial charge on any atom is 0.244 e. The van der Waals surface area contributed by atoms with E-state index in [0.29, 0.717) is 34.3 Å². The van der Waals surface area contributed by atoms with Gasteiger partial charge in [0.1, 0.15) is 11.9 Å². The summed E-state index contributed by atoms with van der Waals surface area (Å²) in [6.45, 7) is 5.76. The van der Waals surface area contributed by atoms with Crippen LogP contribution in [-0.2, 0) is 11.2 Å². The molecular formula is C26H23ClN4O3S. The highest BCUT2D eigenvalue weighted by molar-refractivity contribution is 7.17. The van der Waals surface area contributed by atoms with Gasteiger partial charge in [0.2, 0.25) is 5.91 Å². The van der Waals surface area contributed by atoms with Gasteiger partial charge in [-0.2, -0.15) is 5.10 Å². The SMILES string of the molecule is CC(=O)c1ccc(-c2cc(Cl)c3c(c2)CC(CNC(=O)/C=C/c2c(C)nn4c(C)ccnc24)O3)s1. The Labute approximate surface area is 211 Å². The number of halogens is 1. The van der Waals surface area contributed by atoms with Crippen LogP contribution in [0.15, 0.2) is 42.6 Å². The minimum absolute atomic E-state index is 0.0461. The molecule has 3 aromatic heterocycles. The summed E-state index contributed by atoms with van der Waals surface area (Å²) in [5.41, 5.74) is 5.25. The van der Waals surface area contributed by atoms with Crippen LogP contribution in [0, 0.1) is 13.8 Å². The molecule has 1 atom stereocenters. The molecule has 7 nitrogen and oxygen atoms in total. The van der Waals surface area contributed by atoms with Crippen molar-refractivity contribution in [2.24, 2.45) is 0 Å². The number of amides is 1. The highest BCUT2D eigenvalue weighted by atomic mass is 35.5. The van der Waals surface area contributed by atoms with E-state index in [0.717, 1.165) is 33.0 Å². The second-order valence-electron chi connectivity index (χ2n) is 8.51. The Bertz CT molecular complexity index is 1500. The minimum atomic E-state index is -0.224. The van der Waals surface area contributed by atoms with Crippen molar-refractivity contribution in [3.63, 3.8) is 0 Å². The predicted molar refractivity (Wildman–Crippen MR) is 137 cm³/mol. The summed E-state index contributed by atoms with van der Waals surface area (Å²) in [6.07, 6.45) is 5.38. The molecule has 0 aliphatic carbocycles. The number of hydrogen-bond donors (Lipinski definition) is 1. The number of ether oxygens (including phenoxy) is 1. The van der Waals surface area contributed by atoms with Crippen LogP contribution in [0.4, 0.5) is 0 Å². The summed E-state index contributed by atoms with van der Waals surface area (Å²) >= 11 is 7.95. The van der Waals surface area contributed by atoms with Gasteiger partial charge in [0.25, 0.3) is 0 Å². The Morgan fingerprint density at radius 3 is 2.89 bits per heavy atom. The second kappa shape index (κ2) is 9.28. The van der Waals surface area contributed by atoms with Gasteiger partial charge >= 0.3 is 0 Å². The van der Waals surface area contributed by atoms with E-state index in [4.69, 9.17) is 16.3 Å². The number of aryl methyl sites for hydroxylation is 2. The fourth-order valence-corrected chi connectivity index (χ4v) is 5.31. The summed E-state index contributed by atoms with van der Waals surface area (Å²) in [6, 6.07) is 9.55. The minimum Gasteiger partial charge on any atom is -0.486 e. The van der Waals surface area contributed by atoms with Crippen LogP contribution in [-0.4, -0.2) is 38.9 Å². The van der Waals surface area contributed by atoms with E-state index in [9.17, 15) is 9.59 Å². The highest BCUT2D eigenvalue weighted by Crippen LogP contribution is 2.41. The Balaban J connectivity index is 1.24. The van der Waals surface area contributed by atoms with Crippen LogP contribution in [0.1, 0.15) is 39.1 Å². The Hall–Kier alpha value is -3.49. The van der Waals surface area contributed by atoms with E-state index in [1.54, 1.807) is 23.7 Å². The Morgan fingerprint density at radius 2 is 2.11 bits per heavy atom. The molecule has 9 heteroatoms. The molecule has 0 spiro atoms.